The van der Waals surface area contributed by atoms with Crippen LogP contribution in [0, 0.1) is 0 Å². The second-order valence-electron chi connectivity index (χ2n) is 6.13. The number of amides is 2. The molecule has 0 radical (unpaired) electrons. The van der Waals surface area contributed by atoms with Crippen LogP contribution in [0.25, 0.3) is 0 Å². The molecule has 6 nitrogen and oxygen atoms in total. The number of esters is 1. The van der Waals surface area contributed by atoms with Crippen molar-refractivity contribution in [3.05, 3.63) is 35.4 Å². The molecule has 0 saturated carbocycles. The van der Waals surface area contributed by atoms with E-state index in [-0.39, 0.29) is 42.7 Å². The number of ether oxygens (including phenoxy) is 1. The minimum Gasteiger partial charge on any atom is -0.469 e. The molecular weight excluding hydrogens is 308 g/mol. The SMILES string of the molecule is COC(=O)CC(C)NC(=O)CC1c2ccccc2CCN1C(C)=O. The van der Waals surface area contributed by atoms with Gasteiger partial charge in [-0.05, 0) is 24.5 Å². The van der Waals surface area contributed by atoms with Crippen molar-refractivity contribution in [2.75, 3.05) is 13.7 Å². The molecule has 2 atom stereocenters. The van der Waals surface area contributed by atoms with Crippen molar-refractivity contribution in [3.8, 4) is 0 Å². The minimum absolute atomic E-state index is 0.0371. The van der Waals surface area contributed by atoms with Gasteiger partial charge >= 0.3 is 5.97 Å². The minimum atomic E-state index is -0.365. The maximum atomic E-state index is 12.4. The highest BCUT2D eigenvalue weighted by molar-refractivity contribution is 5.80. The van der Waals surface area contributed by atoms with Crippen molar-refractivity contribution in [1.29, 1.82) is 0 Å². The number of benzene rings is 1. The summed E-state index contributed by atoms with van der Waals surface area (Å²) in [6, 6.07) is 7.33. The number of nitrogens with zero attached hydrogens (tertiary/aromatic N) is 1. The zero-order valence-electron chi connectivity index (χ0n) is 14.4. The van der Waals surface area contributed by atoms with Crippen LogP contribution in [0.5, 0.6) is 0 Å². The molecule has 1 heterocycles. The van der Waals surface area contributed by atoms with Gasteiger partial charge in [-0.15, -0.1) is 0 Å². The average Bonchev–Trinajstić information content (AvgIpc) is 2.54. The molecule has 0 fully saturated rings. The van der Waals surface area contributed by atoms with Crippen LogP contribution in [-0.2, 0) is 25.5 Å². The molecule has 1 aromatic rings. The van der Waals surface area contributed by atoms with Gasteiger partial charge in [-0.3, -0.25) is 14.4 Å². The van der Waals surface area contributed by atoms with Crippen LogP contribution in [0.2, 0.25) is 0 Å². The normalized spacial score (nSPS) is 17.6. The lowest BCUT2D eigenvalue weighted by molar-refractivity contribution is -0.141. The Balaban J connectivity index is 2.08. The summed E-state index contributed by atoms with van der Waals surface area (Å²) in [7, 11) is 1.32. The lowest BCUT2D eigenvalue weighted by Gasteiger charge is -2.36. The smallest absolute Gasteiger partial charge is 0.307 e. The van der Waals surface area contributed by atoms with Crippen LogP contribution in [0.1, 0.15) is 43.9 Å². The monoisotopic (exact) mass is 332 g/mol. The molecule has 2 amide bonds. The second kappa shape index (κ2) is 7.95. The molecule has 0 aliphatic carbocycles. The maximum Gasteiger partial charge on any atom is 0.307 e. The number of fused-ring (bicyclic) bond motifs is 1. The van der Waals surface area contributed by atoms with E-state index in [0.717, 1.165) is 12.0 Å². The average molecular weight is 332 g/mol. The van der Waals surface area contributed by atoms with E-state index in [1.807, 2.05) is 24.3 Å². The van der Waals surface area contributed by atoms with Gasteiger partial charge in [0.2, 0.25) is 11.8 Å². The van der Waals surface area contributed by atoms with Gasteiger partial charge in [0.1, 0.15) is 0 Å². The first-order chi connectivity index (χ1) is 11.4. The first-order valence-electron chi connectivity index (χ1n) is 8.13. The van der Waals surface area contributed by atoms with Crippen molar-refractivity contribution in [2.24, 2.45) is 0 Å². The molecular formula is C18H24N2O4. The van der Waals surface area contributed by atoms with Crippen molar-refractivity contribution >= 4 is 17.8 Å². The van der Waals surface area contributed by atoms with Gasteiger partial charge in [0.25, 0.3) is 0 Å². The fourth-order valence-electron chi connectivity index (χ4n) is 3.14. The van der Waals surface area contributed by atoms with Crippen molar-refractivity contribution in [3.63, 3.8) is 0 Å². The quantitative estimate of drug-likeness (QED) is 0.831. The van der Waals surface area contributed by atoms with E-state index in [1.165, 1.54) is 19.6 Å². The van der Waals surface area contributed by atoms with E-state index in [4.69, 9.17) is 0 Å². The first kappa shape index (κ1) is 18.0. The second-order valence-corrected chi connectivity index (χ2v) is 6.13. The van der Waals surface area contributed by atoms with Gasteiger partial charge in [-0.25, -0.2) is 0 Å². The highest BCUT2D eigenvalue weighted by atomic mass is 16.5. The van der Waals surface area contributed by atoms with Gasteiger partial charge in [0.05, 0.1) is 26.0 Å². The Morgan fingerprint density at radius 2 is 2.04 bits per heavy atom. The summed E-state index contributed by atoms with van der Waals surface area (Å²) >= 11 is 0. The van der Waals surface area contributed by atoms with Crippen molar-refractivity contribution in [1.82, 2.24) is 10.2 Å². The third-order valence-corrected chi connectivity index (χ3v) is 4.30. The van der Waals surface area contributed by atoms with Crippen molar-refractivity contribution < 1.29 is 19.1 Å². The molecule has 1 aliphatic rings. The number of methoxy groups -OCH3 is 1. The van der Waals surface area contributed by atoms with Gasteiger partial charge in [-0.2, -0.15) is 0 Å². The summed E-state index contributed by atoms with van der Waals surface area (Å²) in [5.74, 6) is -0.583. The zero-order valence-corrected chi connectivity index (χ0v) is 14.4. The maximum absolute atomic E-state index is 12.4. The predicted molar refractivity (Wildman–Crippen MR) is 89.1 cm³/mol. The molecule has 2 unspecified atom stereocenters. The lowest BCUT2D eigenvalue weighted by Crippen LogP contribution is -2.42. The summed E-state index contributed by atoms with van der Waals surface area (Å²) in [4.78, 5) is 37.3. The van der Waals surface area contributed by atoms with Crippen LogP contribution >= 0.6 is 0 Å². The first-order valence-corrected chi connectivity index (χ1v) is 8.13. The molecule has 0 saturated heterocycles. The van der Waals surface area contributed by atoms with E-state index >= 15 is 0 Å². The van der Waals surface area contributed by atoms with Crippen LogP contribution in [0.15, 0.2) is 24.3 Å². The molecule has 0 aromatic heterocycles. The number of nitrogens with one attached hydrogen (secondary N) is 1. The number of hydrogen-bond donors (Lipinski definition) is 1. The summed E-state index contributed by atoms with van der Waals surface area (Å²) in [5, 5.41) is 2.80. The van der Waals surface area contributed by atoms with Crippen LogP contribution < -0.4 is 5.32 Å². The molecule has 6 heteroatoms. The Bertz CT molecular complexity index is 629. The fourth-order valence-corrected chi connectivity index (χ4v) is 3.14. The number of rotatable bonds is 5. The Morgan fingerprint density at radius 1 is 1.33 bits per heavy atom. The largest absolute Gasteiger partial charge is 0.469 e. The Labute approximate surface area is 142 Å². The van der Waals surface area contributed by atoms with E-state index < -0.39 is 0 Å². The molecule has 1 N–H and O–H groups in total. The van der Waals surface area contributed by atoms with Gasteiger partial charge in [0.15, 0.2) is 0 Å². The van der Waals surface area contributed by atoms with E-state index in [9.17, 15) is 14.4 Å². The van der Waals surface area contributed by atoms with Crippen LogP contribution in [0.3, 0.4) is 0 Å². The molecule has 0 bridgehead atoms. The Kier molecular flexibility index (Phi) is 5.95. The summed E-state index contributed by atoms with van der Waals surface area (Å²) < 4.78 is 4.60. The van der Waals surface area contributed by atoms with E-state index in [1.54, 1.807) is 11.8 Å². The lowest BCUT2D eigenvalue weighted by atomic mass is 9.90. The Morgan fingerprint density at radius 3 is 2.71 bits per heavy atom. The standard InChI is InChI=1S/C18H24N2O4/c1-12(10-18(23)24-3)19-17(22)11-16-15-7-5-4-6-14(15)8-9-20(16)13(2)21/h4-7,12,16H,8-11H2,1-3H3,(H,19,22). The molecule has 0 spiro atoms. The number of carbonyl (C=O) groups is 3. The summed E-state index contributed by atoms with van der Waals surface area (Å²) in [6.07, 6.45) is 1.11. The van der Waals surface area contributed by atoms with Crippen LogP contribution in [-0.4, -0.2) is 42.4 Å². The molecule has 1 aromatic carbocycles. The highest BCUT2D eigenvalue weighted by Gasteiger charge is 2.30. The number of hydrogen-bond acceptors (Lipinski definition) is 4. The fraction of sp³-hybridized carbons (Fsp3) is 0.500. The molecule has 130 valence electrons. The topological polar surface area (TPSA) is 75.7 Å². The summed E-state index contributed by atoms with van der Waals surface area (Å²) in [5.41, 5.74) is 2.20. The number of carbonyl (C=O) groups excluding carboxylic acids is 3. The van der Waals surface area contributed by atoms with Crippen LogP contribution in [0.4, 0.5) is 0 Å². The van der Waals surface area contributed by atoms with E-state index in [0.29, 0.717) is 6.54 Å². The van der Waals surface area contributed by atoms with Crippen molar-refractivity contribution in [2.45, 2.75) is 45.2 Å². The molecule has 24 heavy (non-hydrogen) atoms. The van der Waals surface area contributed by atoms with Gasteiger partial charge < -0.3 is 15.0 Å². The highest BCUT2D eigenvalue weighted by Crippen LogP contribution is 2.32. The molecule has 2 rings (SSSR count). The summed E-state index contributed by atoms with van der Waals surface area (Å²) in [6.45, 7) is 3.90. The Hall–Kier alpha value is -2.37. The molecule has 1 aliphatic heterocycles. The van der Waals surface area contributed by atoms with E-state index in [2.05, 4.69) is 10.1 Å². The third kappa shape index (κ3) is 4.34. The third-order valence-electron chi connectivity index (χ3n) is 4.30. The van der Waals surface area contributed by atoms with Gasteiger partial charge in [-0.1, -0.05) is 24.3 Å². The van der Waals surface area contributed by atoms with Gasteiger partial charge in [0, 0.05) is 19.5 Å². The predicted octanol–water partition coefficient (Wildman–Crippen LogP) is 1.59. The zero-order chi connectivity index (χ0) is 17.7.